The molecule has 0 aliphatic heterocycles. The third-order valence-electron chi connectivity index (χ3n) is 8.40. The number of methoxy groups -OCH3 is 2. The highest BCUT2D eigenvalue weighted by molar-refractivity contribution is 5.55. The molecule has 0 unspecified atom stereocenters. The highest BCUT2D eigenvalue weighted by Gasteiger charge is 2.61. The third-order valence-corrected chi connectivity index (χ3v) is 8.40. The first-order chi connectivity index (χ1) is 11.8. The van der Waals surface area contributed by atoms with Gasteiger partial charge in [0.25, 0.3) is 0 Å². The standard InChI is InChI=1S/C23H34O2/c1-21(2)9-7-10-22(3)18(21)8-11-23(4)19(22)13-15-12-16(24-5)14-17(25-6)20(15)23/h12,14,18-19H,7-11,13H2,1-6H3/t18-,19+,22-,23+/m0/s1. The van der Waals surface area contributed by atoms with Crippen LogP contribution in [0.4, 0.5) is 0 Å². The van der Waals surface area contributed by atoms with Crippen LogP contribution in [0.5, 0.6) is 11.5 Å². The summed E-state index contributed by atoms with van der Waals surface area (Å²) >= 11 is 0. The van der Waals surface area contributed by atoms with E-state index in [1.807, 2.05) is 7.11 Å². The molecule has 2 nitrogen and oxygen atoms in total. The highest BCUT2D eigenvalue weighted by Crippen LogP contribution is 2.68. The summed E-state index contributed by atoms with van der Waals surface area (Å²) in [5.41, 5.74) is 4.10. The smallest absolute Gasteiger partial charge is 0.126 e. The number of hydrogen-bond acceptors (Lipinski definition) is 2. The molecule has 0 spiro atoms. The maximum absolute atomic E-state index is 5.84. The molecule has 0 radical (unpaired) electrons. The van der Waals surface area contributed by atoms with Crippen LogP contribution in [0.1, 0.15) is 70.9 Å². The maximum atomic E-state index is 5.84. The summed E-state index contributed by atoms with van der Waals surface area (Å²) in [7, 11) is 3.56. The zero-order valence-corrected chi connectivity index (χ0v) is 16.9. The van der Waals surface area contributed by atoms with Gasteiger partial charge in [0.05, 0.1) is 14.2 Å². The van der Waals surface area contributed by atoms with Crippen molar-refractivity contribution in [1.29, 1.82) is 0 Å². The van der Waals surface area contributed by atoms with Crippen molar-refractivity contribution >= 4 is 0 Å². The van der Waals surface area contributed by atoms with E-state index in [0.29, 0.717) is 16.7 Å². The molecule has 0 heterocycles. The Morgan fingerprint density at radius 2 is 1.68 bits per heavy atom. The summed E-state index contributed by atoms with van der Waals surface area (Å²) in [6.07, 6.45) is 7.98. The van der Waals surface area contributed by atoms with E-state index in [1.54, 1.807) is 7.11 Å². The summed E-state index contributed by atoms with van der Waals surface area (Å²) in [5, 5.41) is 0. The van der Waals surface area contributed by atoms with Crippen molar-refractivity contribution in [3.05, 3.63) is 23.3 Å². The minimum Gasteiger partial charge on any atom is -0.497 e. The van der Waals surface area contributed by atoms with Crippen LogP contribution in [0.3, 0.4) is 0 Å². The number of rotatable bonds is 2. The Bertz CT molecular complexity index is 692. The second-order valence-corrected chi connectivity index (χ2v) is 9.98. The molecule has 0 aromatic heterocycles. The number of benzene rings is 1. The predicted octanol–water partition coefficient (Wildman–Crippen LogP) is 5.76. The SMILES string of the molecule is COc1cc2c(c(OC)c1)[C@]1(C)CC[C@H]3C(C)(C)CCC[C@]3(C)[C@H]1C2. The van der Waals surface area contributed by atoms with E-state index in [-0.39, 0.29) is 5.41 Å². The van der Waals surface area contributed by atoms with Crippen molar-refractivity contribution in [3.63, 3.8) is 0 Å². The van der Waals surface area contributed by atoms with Gasteiger partial charge in [0, 0.05) is 17.0 Å². The molecule has 2 saturated carbocycles. The monoisotopic (exact) mass is 342 g/mol. The molecule has 25 heavy (non-hydrogen) atoms. The summed E-state index contributed by atoms with van der Waals surface area (Å²) < 4.78 is 11.4. The predicted molar refractivity (Wildman–Crippen MR) is 103 cm³/mol. The molecule has 2 heteroatoms. The van der Waals surface area contributed by atoms with E-state index >= 15 is 0 Å². The van der Waals surface area contributed by atoms with Gasteiger partial charge in [-0.3, -0.25) is 0 Å². The van der Waals surface area contributed by atoms with Gasteiger partial charge in [-0.1, -0.05) is 34.1 Å². The zero-order valence-electron chi connectivity index (χ0n) is 16.9. The lowest BCUT2D eigenvalue weighted by molar-refractivity contribution is -0.0984. The van der Waals surface area contributed by atoms with E-state index in [4.69, 9.17) is 9.47 Å². The van der Waals surface area contributed by atoms with Gasteiger partial charge in [-0.15, -0.1) is 0 Å². The molecular formula is C23H34O2. The Morgan fingerprint density at radius 3 is 2.36 bits per heavy atom. The fourth-order valence-corrected chi connectivity index (χ4v) is 7.36. The van der Waals surface area contributed by atoms with E-state index in [2.05, 4.69) is 39.8 Å². The molecule has 0 amide bonds. The quantitative estimate of drug-likeness (QED) is 0.680. The average Bonchev–Trinajstić information content (AvgIpc) is 2.87. The second-order valence-electron chi connectivity index (χ2n) is 9.98. The summed E-state index contributed by atoms with van der Waals surface area (Å²) in [4.78, 5) is 0. The Balaban J connectivity index is 1.83. The number of ether oxygens (including phenoxy) is 2. The van der Waals surface area contributed by atoms with Gasteiger partial charge < -0.3 is 9.47 Å². The average molecular weight is 343 g/mol. The van der Waals surface area contributed by atoms with Crippen molar-refractivity contribution in [2.75, 3.05) is 14.2 Å². The number of hydrogen-bond donors (Lipinski definition) is 0. The van der Waals surface area contributed by atoms with Crippen molar-refractivity contribution in [1.82, 2.24) is 0 Å². The molecule has 3 aliphatic carbocycles. The Labute approximate surface area is 153 Å². The summed E-state index contributed by atoms with van der Waals surface area (Å²) in [6, 6.07) is 4.36. The Kier molecular flexibility index (Phi) is 3.73. The first kappa shape index (κ1) is 17.2. The molecular weight excluding hydrogens is 308 g/mol. The van der Waals surface area contributed by atoms with E-state index in [9.17, 15) is 0 Å². The minimum atomic E-state index is 0.242. The van der Waals surface area contributed by atoms with Crippen molar-refractivity contribution < 1.29 is 9.47 Å². The topological polar surface area (TPSA) is 18.5 Å². The Morgan fingerprint density at radius 1 is 0.920 bits per heavy atom. The number of fused-ring (bicyclic) bond motifs is 5. The second kappa shape index (κ2) is 5.41. The van der Waals surface area contributed by atoms with Crippen molar-refractivity contribution in [2.45, 2.75) is 71.6 Å². The van der Waals surface area contributed by atoms with Crippen LogP contribution in [0.25, 0.3) is 0 Å². The molecule has 1 aromatic carbocycles. The van der Waals surface area contributed by atoms with E-state index < -0.39 is 0 Å². The van der Waals surface area contributed by atoms with Crippen LogP contribution < -0.4 is 9.47 Å². The lowest BCUT2D eigenvalue weighted by atomic mass is 9.43. The maximum Gasteiger partial charge on any atom is 0.126 e. The third kappa shape index (κ3) is 2.22. The van der Waals surface area contributed by atoms with Gasteiger partial charge in [-0.2, -0.15) is 0 Å². The summed E-state index contributed by atoms with van der Waals surface area (Å²) in [6.45, 7) is 10.2. The van der Waals surface area contributed by atoms with Crippen molar-refractivity contribution in [2.24, 2.45) is 22.7 Å². The molecule has 3 aliphatic rings. The molecule has 1 aromatic rings. The van der Waals surface area contributed by atoms with E-state index in [1.165, 1.54) is 49.7 Å². The van der Waals surface area contributed by atoms with Gasteiger partial charge in [-0.25, -0.2) is 0 Å². The lowest BCUT2D eigenvalue weighted by Gasteiger charge is -2.61. The van der Waals surface area contributed by atoms with Crippen LogP contribution in [0, 0.1) is 22.7 Å². The Hall–Kier alpha value is -1.18. The van der Waals surface area contributed by atoms with Gasteiger partial charge in [0.1, 0.15) is 11.5 Å². The summed E-state index contributed by atoms with van der Waals surface area (Å²) in [5.74, 6) is 3.53. The van der Waals surface area contributed by atoms with E-state index in [0.717, 1.165) is 17.4 Å². The van der Waals surface area contributed by atoms with Gasteiger partial charge >= 0.3 is 0 Å². The molecule has 2 fully saturated rings. The van der Waals surface area contributed by atoms with Gasteiger partial charge in [0.15, 0.2) is 0 Å². The van der Waals surface area contributed by atoms with Crippen LogP contribution in [0.15, 0.2) is 12.1 Å². The van der Waals surface area contributed by atoms with Crippen LogP contribution in [-0.2, 0) is 11.8 Å². The first-order valence-electron chi connectivity index (χ1n) is 10.0. The first-order valence-corrected chi connectivity index (χ1v) is 10.0. The fourth-order valence-electron chi connectivity index (χ4n) is 7.36. The molecule has 0 saturated heterocycles. The minimum absolute atomic E-state index is 0.242. The molecule has 0 N–H and O–H groups in total. The van der Waals surface area contributed by atoms with Crippen LogP contribution >= 0.6 is 0 Å². The fraction of sp³-hybridized carbons (Fsp3) is 0.739. The molecule has 138 valence electrons. The van der Waals surface area contributed by atoms with Crippen LogP contribution in [0.2, 0.25) is 0 Å². The highest BCUT2D eigenvalue weighted by atomic mass is 16.5. The zero-order chi connectivity index (χ0) is 18.0. The molecule has 0 bridgehead atoms. The largest absolute Gasteiger partial charge is 0.497 e. The molecule has 4 rings (SSSR count). The van der Waals surface area contributed by atoms with Crippen molar-refractivity contribution in [3.8, 4) is 11.5 Å². The van der Waals surface area contributed by atoms with Gasteiger partial charge in [-0.05, 0) is 66.4 Å². The van der Waals surface area contributed by atoms with Gasteiger partial charge in [0.2, 0.25) is 0 Å². The molecule has 4 atom stereocenters. The lowest BCUT2D eigenvalue weighted by Crippen LogP contribution is -2.55. The van der Waals surface area contributed by atoms with Crippen LogP contribution in [-0.4, -0.2) is 14.2 Å². The normalized spacial score (nSPS) is 38.5.